The Bertz CT molecular complexity index is 642. The zero-order valence-electron chi connectivity index (χ0n) is 13.1. The van der Waals surface area contributed by atoms with Gasteiger partial charge in [-0.25, -0.2) is 8.42 Å². The lowest BCUT2D eigenvalue weighted by atomic mass is 9.91. The number of aryl methyl sites for hydroxylation is 1. The van der Waals surface area contributed by atoms with Gasteiger partial charge in [0.25, 0.3) is 0 Å². The third-order valence-electron chi connectivity index (χ3n) is 4.59. The van der Waals surface area contributed by atoms with Crippen molar-refractivity contribution in [2.75, 3.05) is 20.3 Å². The lowest BCUT2D eigenvalue weighted by molar-refractivity contribution is -0.0586. The third kappa shape index (κ3) is 2.75. The Morgan fingerprint density at radius 3 is 2.82 bits per heavy atom. The first kappa shape index (κ1) is 15.8. The van der Waals surface area contributed by atoms with E-state index in [1.807, 2.05) is 13.0 Å². The molecule has 3 rings (SSSR count). The van der Waals surface area contributed by atoms with Gasteiger partial charge in [0.05, 0.1) is 25.9 Å². The van der Waals surface area contributed by atoms with Crippen LogP contribution in [0.25, 0.3) is 0 Å². The summed E-state index contributed by atoms with van der Waals surface area (Å²) >= 11 is 0. The molecule has 5 nitrogen and oxygen atoms in total. The Kier molecular flexibility index (Phi) is 4.43. The topological polar surface area (TPSA) is 55.8 Å². The van der Waals surface area contributed by atoms with Crippen LogP contribution in [0.4, 0.5) is 0 Å². The Balaban J connectivity index is 2.00. The van der Waals surface area contributed by atoms with Crippen molar-refractivity contribution in [2.24, 2.45) is 0 Å². The quantitative estimate of drug-likeness (QED) is 0.856. The van der Waals surface area contributed by atoms with Crippen LogP contribution >= 0.6 is 0 Å². The molecule has 0 amide bonds. The summed E-state index contributed by atoms with van der Waals surface area (Å²) in [7, 11) is -2.06. The Morgan fingerprint density at radius 2 is 2.05 bits per heavy atom. The fourth-order valence-electron chi connectivity index (χ4n) is 3.47. The molecule has 0 spiro atoms. The molecule has 2 unspecified atom stereocenters. The van der Waals surface area contributed by atoms with Crippen LogP contribution in [-0.4, -0.2) is 45.1 Å². The van der Waals surface area contributed by atoms with Crippen molar-refractivity contribution in [1.29, 1.82) is 0 Å². The molecule has 1 aliphatic carbocycles. The minimum absolute atomic E-state index is 0.0353. The molecule has 6 heteroatoms. The summed E-state index contributed by atoms with van der Waals surface area (Å²) in [5, 5.41) is 0. The largest absolute Gasteiger partial charge is 0.495 e. The minimum atomic E-state index is -3.57. The number of hydrogen-bond donors (Lipinski definition) is 0. The van der Waals surface area contributed by atoms with E-state index in [-0.39, 0.29) is 17.0 Å². The molecule has 0 bridgehead atoms. The second kappa shape index (κ2) is 6.18. The second-order valence-electron chi connectivity index (χ2n) is 6.03. The van der Waals surface area contributed by atoms with Crippen molar-refractivity contribution >= 4 is 10.0 Å². The number of sulfonamides is 1. The van der Waals surface area contributed by atoms with Crippen molar-refractivity contribution in [2.45, 2.75) is 49.6 Å². The van der Waals surface area contributed by atoms with Crippen LogP contribution in [0.2, 0.25) is 0 Å². The predicted molar refractivity (Wildman–Crippen MR) is 83.6 cm³/mol. The highest BCUT2D eigenvalue weighted by Gasteiger charge is 2.41. The predicted octanol–water partition coefficient (Wildman–Crippen LogP) is 2.34. The van der Waals surface area contributed by atoms with Crippen LogP contribution in [0.5, 0.6) is 5.75 Å². The van der Waals surface area contributed by atoms with Crippen LogP contribution in [0.15, 0.2) is 23.1 Å². The van der Waals surface area contributed by atoms with Gasteiger partial charge in [0.2, 0.25) is 10.0 Å². The molecule has 2 fully saturated rings. The van der Waals surface area contributed by atoms with E-state index in [0.29, 0.717) is 18.9 Å². The fourth-order valence-corrected chi connectivity index (χ4v) is 5.38. The smallest absolute Gasteiger partial charge is 0.247 e. The van der Waals surface area contributed by atoms with Gasteiger partial charge in [0, 0.05) is 6.54 Å². The number of rotatable bonds is 3. The Hall–Kier alpha value is -1.11. The zero-order valence-corrected chi connectivity index (χ0v) is 13.9. The SMILES string of the molecule is COc1ccc(C)cc1S(=O)(=O)N1CCOC2CCCCC21. The number of methoxy groups -OCH3 is 1. The van der Waals surface area contributed by atoms with Crippen LogP contribution in [0, 0.1) is 6.92 Å². The molecule has 22 heavy (non-hydrogen) atoms. The number of fused-ring (bicyclic) bond motifs is 1. The molecule has 1 heterocycles. The van der Waals surface area contributed by atoms with E-state index in [0.717, 1.165) is 31.2 Å². The summed E-state index contributed by atoms with van der Waals surface area (Å²) < 4.78 is 39.0. The molecule has 2 aliphatic rings. The highest BCUT2D eigenvalue weighted by molar-refractivity contribution is 7.89. The molecule has 0 aromatic heterocycles. The van der Waals surface area contributed by atoms with Gasteiger partial charge in [-0.2, -0.15) is 4.31 Å². The maximum absolute atomic E-state index is 13.2. The summed E-state index contributed by atoms with van der Waals surface area (Å²) in [5.74, 6) is 0.407. The average molecular weight is 325 g/mol. The average Bonchev–Trinajstić information content (AvgIpc) is 2.54. The maximum Gasteiger partial charge on any atom is 0.247 e. The molecule has 1 saturated carbocycles. The van der Waals surface area contributed by atoms with E-state index in [2.05, 4.69) is 0 Å². The lowest BCUT2D eigenvalue weighted by Crippen LogP contribution is -2.54. The third-order valence-corrected chi connectivity index (χ3v) is 6.53. The van der Waals surface area contributed by atoms with E-state index in [1.54, 1.807) is 16.4 Å². The molecule has 1 aliphatic heterocycles. The van der Waals surface area contributed by atoms with E-state index >= 15 is 0 Å². The molecule has 0 radical (unpaired) electrons. The summed E-state index contributed by atoms with van der Waals surface area (Å²) in [4.78, 5) is 0.265. The van der Waals surface area contributed by atoms with Gasteiger partial charge >= 0.3 is 0 Å². The van der Waals surface area contributed by atoms with Crippen molar-refractivity contribution in [3.05, 3.63) is 23.8 Å². The molecular formula is C16H23NO4S. The van der Waals surface area contributed by atoms with Crippen LogP contribution in [0.1, 0.15) is 31.2 Å². The summed E-state index contributed by atoms with van der Waals surface area (Å²) in [5.41, 5.74) is 0.910. The second-order valence-corrected chi connectivity index (χ2v) is 7.89. The van der Waals surface area contributed by atoms with Gasteiger partial charge in [0.1, 0.15) is 10.6 Å². The molecule has 0 N–H and O–H groups in total. The monoisotopic (exact) mass is 325 g/mol. The lowest BCUT2D eigenvalue weighted by Gasteiger charge is -2.42. The minimum Gasteiger partial charge on any atom is -0.495 e. The standard InChI is InChI=1S/C16H23NO4S/c1-12-7-8-15(20-2)16(11-12)22(18,19)17-9-10-21-14-6-4-3-5-13(14)17/h7-8,11,13-14H,3-6,9-10H2,1-2H3. The van der Waals surface area contributed by atoms with Gasteiger partial charge in [-0.05, 0) is 37.5 Å². The van der Waals surface area contributed by atoms with E-state index in [9.17, 15) is 8.42 Å². The van der Waals surface area contributed by atoms with Crippen molar-refractivity contribution in [3.8, 4) is 5.75 Å². The van der Waals surface area contributed by atoms with Crippen molar-refractivity contribution in [3.63, 3.8) is 0 Å². The van der Waals surface area contributed by atoms with Crippen molar-refractivity contribution < 1.29 is 17.9 Å². The van der Waals surface area contributed by atoms with Gasteiger partial charge in [0.15, 0.2) is 0 Å². The first-order chi connectivity index (χ1) is 10.5. The van der Waals surface area contributed by atoms with E-state index < -0.39 is 10.0 Å². The number of ether oxygens (including phenoxy) is 2. The number of nitrogens with zero attached hydrogens (tertiary/aromatic N) is 1. The Morgan fingerprint density at radius 1 is 1.27 bits per heavy atom. The number of hydrogen-bond acceptors (Lipinski definition) is 4. The van der Waals surface area contributed by atoms with E-state index in [1.165, 1.54) is 7.11 Å². The first-order valence-electron chi connectivity index (χ1n) is 7.82. The molecule has 122 valence electrons. The van der Waals surface area contributed by atoms with Crippen molar-refractivity contribution in [1.82, 2.24) is 4.31 Å². The molecule has 1 saturated heterocycles. The fraction of sp³-hybridized carbons (Fsp3) is 0.625. The molecule has 1 aromatic carbocycles. The van der Waals surface area contributed by atoms with Crippen LogP contribution < -0.4 is 4.74 Å². The molecular weight excluding hydrogens is 302 g/mol. The van der Waals surface area contributed by atoms with Gasteiger partial charge in [-0.15, -0.1) is 0 Å². The van der Waals surface area contributed by atoms with Gasteiger partial charge in [-0.1, -0.05) is 18.9 Å². The first-order valence-corrected chi connectivity index (χ1v) is 9.26. The number of morpholine rings is 1. The molecule has 1 aromatic rings. The van der Waals surface area contributed by atoms with Crippen LogP contribution in [0.3, 0.4) is 0 Å². The summed E-state index contributed by atoms with van der Waals surface area (Å²) in [6, 6.07) is 5.24. The van der Waals surface area contributed by atoms with Crippen LogP contribution in [-0.2, 0) is 14.8 Å². The van der Waals surface area contributed by atoms with E-state index in [4.69, 9.17) is 9.47 Å². The molecule has 2 atom stereocenters. The zero-order chi connectivity index (χ0) is 15.7. The summed E-state index contributed by atoms with van der Waals surface area (Å²) in [6.45, 7) is 2.77. The highest BCUT2D eigenvalue weighted by Crippen LogP contribution is 2.35. The Labute approximate surface area is 132 Å². The normalized spacial score (nSPS) is 26.5. The highest BCUT2D eigenvalue weighted by atomic mass is 32.2. The number of benzene rings is 1. The summed E-state index contributed by atoms with van der Waals surface area (Å²) in [6.07, 6.45) is 4.03. The maximum atomic E-state index is 13.2. The van der Waals surface area contributed by atoms with Gasteiger partial charge < -0.3 is 9.47 Å². The van der Waals surface area contributed by atoms with Gasteiger partial charge in [-0.3, -0.25) is 0 Å².